The van der Waals surface area contributed by atoms with Crippen molar-refractivity contribution in [1.82, 2.24) is 10.2 Å². The van der Waals surface area contributed by atoms with Crippen molar-refractivity contribution in [3.8, 4) is 11.1 Å². The van der Waals surface area contributed by atoms with Crippen molar-refractivity contribution >= 4 is 23.8 Å². The topological polar surface area (TPSA) is 49.4 Å². The minimum atomic E-state index is -0.148. The highest BCUT2D eigenvalue weighted by Gasteiger charge is 2.43. The molecule has 1 aliphatic rings. The number of halogens is 1. The number of nitrogens with zero attached hydrogens (tertiary/aromatic N) is 1. The highest BCUT2D eigenvalue weighted by molar-refractivity contribution is 6.33. The van der Waals surface area contributed by atoms with Crippen LogP contribution in [0.1, 0.15) is 23.2 Å². The highest BCUT2D eigenvalue weighted by atomic mass is 35.5. The molecular weight excluding hydrogens is 336 g/mol. The largest absolute Gasteiger partial charge is 0.335 e. The maximum Gasteiger partial charge on any atom is 0.254 e. The van der Waals surface area contributed by atoms with Crippen LogP contribution in [0.25, 0.3) is 11.1 Å². The Labute approximate surface area is 152 Å². The second-order valence-electron chi connectivity index (χ2n) is 6.46. The molecule has 1 heterocycles. The monoisotopic (exact) mass is 356 g/mol. The second-order valence-corrected chi connectivity index (χ2v) is 6.86. The van der Waals surface area contributed by atoms with Crippen LogP contribution < -0.4 is 5.32 Å². The molecule has 0 bridgehead atoms. The van der Waals surface area contributed by atoms with Crippen molar-refractivity contribution in [2.75, 3.05) is 20.1 Å². The van der Waals surface area contributed by atoms with E-state index in [1.807, 2.05) is 49.5 Å². The van der Waals surface area contributed by atoms with Crippen LogP contribution in [0.4, 0.5) is 0 Å². The molecule has 1 N–H and O–H groups in total. The number of carbonyl (C=O) groups is 2. The molecule has 2 aromatic rings. The van der Waals surface area contributed by atoms with Gasteiger partial charge in [0, 0.05) is 35.7 Å². The first-order valence-corrected chi connectivity index (χ1v) is 8.73. The molecule has 0 saturated carbocycles. The summed E-state index contributed by atoms with van der Waals surface area (Å²) in [6.45, 7) is 1.21. The van der Waals surface area contributed by atoms with Gasteiger partial charge in [-0.2, -0.15) is 0 Å². The molecule has 2 aromatic carbocycles. The Balaban J connectivity index is 1.72. The van der Waals surface area contributed by atoms with Crippen molar-refractivity contribution in [2.45, 2.75) is 18.4 Å². The van der Waals surface area contributed by atoms with Crippen LogP contribution in [0.2, 0.25) is 5.02 Å². The number of hydrogen-bond acceptors (Lipinski definition) is 3. The van der Waals surface area contributed by atoms with Gasteiger partial charge in [-0.25, -0.2) is 0 Å². The number of likely N-dealkylation sites (N-methyl/N-ethyl adjacent to an activating group) is 1. The molecule has 0 unspecified atom stereocenters. The van der Waals surface area contributed by atoms with Crippen molar-refractivity contribution in [2.24, 2.45) is 0 Å². The minimum Gasteiger partial charge on any atom is -0.335 e. The fourth-order valence-corrected chi connectivity index (χ4v) is 3.58. The third-order valence-corrected chi connectivity index (χ3v) is 5.16. The molecule has 0 spiro atoms. The van der Waals surface area contributed by atoms with E-state index >= 15 is 0 Å². The third-order valence-electron chi connectivity index (χ3n) is 4.85. The predicted molar refractivity (Wildman–Crippen MR) is 99.9 cm³/mol. The van der Waals surface area contributed by atoms with Gasteiger partial charge in [0.15, 0.2) is 0 Å². The van der Waals surface area contributed by atoms with E-state index < -0.39 is 0 Å². The molecule has 130 valence electrons. The summed E-state index contributed by atoms with van der Waals surface area (Å²) in [5.74, 6) is -0.0292. The van der Waals surface area contributed by atoms with Gasteiger partial charge in [0.25, 0.3) is 5.91 Å². The van der Waals surface area contributed by atoms with Crippen molar-refractivity contribution in [3.05, 3.63) is 59.1 Å². The van der Waals surface area contributed by atoms with Gasteiger partial charge in [0.2, 0.25) is 0 Å². The normalized spacial score (nSPS) is 15.5. The van der Waals surface area contributed by atoms with Crippen LogP contribution >= 0.6 is 11.6 Å². The predicted octanol–water partition coefficient (Wildman–Crippen LogP) is 3.40. The average Bonchev–Trinajstić information content (AvgIpc) is 2.61. The van der Waals surface area contributed by atoms with Gasteiger partial charge < -0.3 is 15.0 Å². The number of nitrogens with one attached hydrogen (secondary N) is 1. The molecule has 1 aliphatic heterocycles. The Bertz CT molecular complexity index is 771. The zero-order valence-electron chi connectivity index (χ0n) is 14.2. The maximum absolute atomic E-state index is 12.7. The van der Waals surface area contributed by atoms with Gasteiger partial charge in [-0.05, 0) is 31.2 Å². The molecule has 1 saturated heterocycles. The van der Waals surface area contributed by atoms with E-state index in [4.69, 9.17) is 11.6 Å². The lowest BCUT2D eigenvalue weighted by Crippen LogP contribution is -2.69. The summed E-state index contributed by atoms with van der Waals surface area (Å²) < 4.78 is 0. The lowest BCUT2D eigenvalue weighted by Gasteiger charge is -2.50. The zero-order chi connectivity index (χ0) is 17.9. The Morgan fingerprint density at radius 1 is 1.24 bits per heavy atom. The molecule has 1 amide bonds. The first-order chi connectivity index (χ1) is 12.1. The van der Waals surface area contributed by atoms with Crippen LogP contribution in [0.15, 0.2) is 48.5 Å². The van der Waals surface area contributed by atoms with Gasteiger partial charge in [0.1, 0.15) is 6.29 Å². The smallest absolute Gasteiger partial charge is 0.254 e. The molecule has 5 heteroatoms. The van der Waals surface area contributed by atoms with E-state index in [1.54, 1.807) is 11.0 Å². The molecule has 0 atom stereocenters. The maximum atomic E-state index is 12.7. The number of carbonyl (C=O) groups excluding carboxylic acids is 2. The molecule has 0 aromatic heterocycles. The Morgan fingerprint density at radius 2 is 1.96 bits per heavy atom. The molecule has 0 radical (unpaired) electrons. The Morgan fingerprint density at radius 3 is 2.56 bits per heavy atom. The van der Waals surface area contributed by atoms with Crippen LogP contribution in [0.3, 0.4) is 0 Å². The fourth-order valence-electron chi connectivity index (χ4n) is 3.29. The Hall–Kier alpha value is -2.17. The van der Waals surface area contributed by atoms with E-state index in [0.29, 0.717) is 30.1 Å². The molecule has 25 heavy (non-hydrogen) atoms. The van der Waals surface area contributed by atoms with E-state index in [-0.39, 0.29) is 11.4 Å². The number of rotatable bonds is 6. The first-order valence-electron chi connectivity index (χ1n) is 8.35. The van der Waals surface area contributed by atoms with Crippen molar-refractivity contribution in [3.63, 3.8) is 0 Å². The summed E-state index contributed by atoms with van der Waals surface area (Å²) in [5.41, 5.74) is 2.38. The summed E-state index contributed by atoms with van der Waals surface area (Å²) in [7, 11) is 1.87. The zero-order valence-corrected chi connectivity index (χ0v) is 14.9. The summed E-state index contributed by atoms with van der Waals surface area (Å²) >= 11 is 6.40. The molecule has 4 nitrogen and oxygen atoms in total. The summed E-state index contributed by atoms with van der Waals surface area (Å²) in [6.07, 6.45) is 2.16. The lowest BCUT2D eigenvalue weighted by atomic mass is 9.84. The number of hydrogen-bond donors (Lipinski definition) is 1. The number of likely N-dealkylation sites (tertiary alicyclic amines) is 1. The van der Waals surface area contributed by atoms with Crippen molar-refractivity contribution < 1.29 is 9.59 Å². The average molecular weight is 357 g/mol. The van der Waals surface area contributed by atoms with Crippen LogP contribution in [-0.4, -0.2) is 42.8 Å². The summed E-state index contributed by atoms with van der Waals surface area (Å²) in [6, 6.07) is 15.3. The molecular formula is C20H21ClN2O2. The minimum absolute atomic E-state index is 0.0292. The highest BCUT2D eigenvalue weighted by Crippen LogP contribution is 2.31. The van der Waals surface area contributed by atoms with Crippen molar-refractivity contribution in [1.29, 1.82) is 0 Å². The van der Waals surface area contributed by atoms with Gasteiger partial charge in [-0.1, -0.05) is 48.0 Å². The van der Waals surface area contributed by atoms with Crippen LogP contribution in [-0.2, 0) is 4.79 Å². The second kappa shape index (κ2) is 7.38. The molecule has 0 aliphatic carbocycles. The van der Waals surface area contributed by atoms with Gasteiger partial charge in [0.05, 0.1) is 5.54 Å². The van der Waals surface area contributed by atoms with Gasteiger partial charge in [-0.15, -0.1) is 0 Å². The fraction of sp³-hybridized carbons (Fsp3) is 0.300. The van der Waals surface area contributed by atoms with E-state index in [0.717, 1.165) is 23.8 Å². The third kappa shape index (κ3) is 3.60. The lowest BCUT2D eigenvalue weighted by molar-refractivity contribution is -0.108. The number of amides is 1. The van der Waals surface area contributed by atoms with E-state index in [1.165, 1.54) is 0 Å². The van der Waals surface area contributed by atoms with Gasteiger partial charge >= 0.3 is 0 Å². The standard InChI is InChI=1S/C20H21ClN2O2/c1-22-20(10-5-11-24)13-23(14-20)19(25)16-8-9-17(18(21)12-16)15-6-3-2-4-7-15/h2-4,6-9,11-12,22H,5,10,13-14H2,1H3. The van der Waals surface area contributed by atoms with Crippen LogP contribution in [0, 0.1) is 0 Å². The van der Waals surface area contributed by atoms with Crippen LogP contribution in [0.5, 0.6) is 0 Å². The SMILES string of the molecule is CNC1(CCC=O)CN(C(=O)c2ccc(-c3ccccc3)c(Cl)c2)C1. The van der Waals surface area contributed by atoms with E-state index in [2.05, 4.69) is 5.32 Å². The molecule has 3 rings (SSSR count). The number of aldehydes is 1. The quantitative estimate of drug-likeness (QED) is 0.807. The van der Waals surface area contributed by atoms with Gasteiger partial charge in [-0.3, -0.25) is 4.79 Å². The van der Waals surface area contributed by atoms with E-state index in [9.17, 15) is 9.59 Å². The summed E-state index contributed by atoms with van der Waals surface area (Å²) in [4.78, 5) is 25.1. The first kappa shape index (κ1) is 17.6. The molecule has 1 fully saturated rings. The summed E-state index contributed by atoms with van der Waals surface area (Å²) in [5, 5.41) is 3.82. The Kier molecular flexibility index (Phi) is 5.21. The number of benzene rings is 2.